The normalized spacial score (nSPS) is 24.3. The molecule has 178 valence electrons. The lowest BCUT2D eigenvalue weighted by Gasteiger charge is -2.57. The highest BCUT2D eigenvalue weighted by Crippen LogP contribution is 2.42. The highest BCUT2D eigenvalue weighted by molar-refractivity contribution is 7.88. The molecule has 7 nitrogen and oxygen atoms in total. The molecule has 0 unspecified atom stereocenters. The Bertz CT molecular complexity index is 1080. The lowest BCUT2D eigenvalue weighted by molar-refractivity contribution is -0.0553. The van der Waals surface area contributed by atoms with Gasteiger partial charge in [-0.25, -0.2) is 12.7 Å². The van der Waals surface area contributed by atoms with Gasteiger partial charge in [-0.2, -0.15) is 0 Å². The summed E-state index contributed by atoms with van der Waals surface area (Å²) < 4.78 is 26.1. The molecule has 4 rings (SSSR count). The van der Waals surface area contributed by atoms with Crippen LogP contribution in [0.4, 0.5) is 0 Å². The van der Waals surface area contributed by atoms with Gasteiger partial charge in [0.15, 0.2) is 0 Å². The molecule has 1 amide bonds. The number of carbonyl (C=O) groups is 1. The molecule has 2 saturated heterocycles. The van der Waals surface area contributed by atoms with Crippen LogP contribution in [-0.2, 0) is 10.0 Å². The number of benzene rings is 2. The van der Waals surface area contributed by atoms with Gasteiger partial charge in [0.05, 0.1) is 12.9 Å². The molecule has 3 atom stereocenters. The van der Waals surface area contributed by atoms with Crippen LogP contribution >= 0.6 is 0 Å². The van der Waals surface area contributed by atoms with E-state index in [1.165, 1.54) is 6.26 Å². The van der Waals surface area contributed by atoms with Crippen LogP contribution in [0.2, 0.25) is 0 Å². The van der Waals surface area contributed by atoms with Gasteiger partial charge in [0.1, 0.15) is 0 Å². The van der Waals surface area contributed by atoms with Gasteiger partial charge in [-0.05, 0) is 48.2 Å². The van der Waals surface area contributed by atoms with E-state index in [1.807, 2.05) is 24.3 Å². The zero-order valence-corrected chi connectivity index (χ0v) is 20.3. The first-order chi connectivity index (χ1) is 15.7. The topological polar surface area (TPSA) is 81.2 Å². The van der Waals surface area contributed by atoms with E-state index in [0.717, 1.165) is 36.1 Å². The van der Waals surface area contributed by atoms with Gasteiger partial charge in [-0.3, -0.25) is 9.69 Å². The first-order valence-electron chi connectivity index (χ1n) is 11.4. The van der Waals surface area contributed by atoms with Crippen LogP contribution in [0.3, 0.4) is 0 Å². The smallest absolute Gasteiger partial charge is 0.253 e. The monoisotopic (exact) mass is 471 g/mol. The van der Waals surface area contributed by atoms with Crippen molar-refractivity contribution < 1.29 is 18.3 Å². The molecule has 0 aromatic heterocycles. The molecule has 8 heteroatoms. The van der Waals surface area contributed by atoms with Crippen LogP contribution in [0.25, 0.3) is 11.1 Å². The number of nitrogens with zero attached hydrogens (tertiary/aromatic N) is 3. The third-order valence-electron chi connectivity index (χ3n) is 6.97. The van der Waals surface area contributed by atoms with Crippen molar-refractivity contribution in [1.29, 1.82) is 0 Å². The molecular weight excluding hydrogens is 438 g/mol. The number of sulfonamides is 1. The molecule has 2 fully saturated rings. The summed E-state index contributed by atoms with van der Waals surface area (Å²) in [6.45, 7) is 1.97. The van der Waals surface area contributed by atoms with E-state index in [1.54, 1.807) is 23.3 Å². The minimum absolute atomic E-state index is 0.0108. The second-order valence-electron chi connectivity index (χ2n) is 9.31. The maximum Gasteiger partial charge on any atom is 0.253 e. The van der Waals surface area contributed by atoms with Crippen molar-refractivity contribution in [1.82, 2.24) is 14.1 Å². The van der Waals surface area contributed by atoms with Crippen molar-refractivity contribution >= 4 is 15.9 Å². The molecule has 0 saturated carbocycles. The molecule has 0 aliphatic carbocycles. The molecule has 2 aliphatic rings. The van der Waals surface area contributed by atoms with Gasteiger partial charge in [0.2, 0.25) is 10.0 Å². The number of carbonyl (C=O) groups excluding carboxylic acids is 1. The number of aliphatic hydroxyl groups excluding tert-OH is 1. The summed E-state index contributed by atoms with van der Waals surface area (Å²) in [5, 5.41) is 10.1. The highest BCUT2D eigenvalue weighted by Gasteiger charge is 2.49. The fourth-order valence-electron chi connectivity index (χ4n) is 5.17. The summed E-state index contributed by atoms with van der Waals surface area (Å²) in [5.74, 6) is 0.0651. The van der Waals surface area contributed by atoms with Gasteiger partial charge >= 0.3 is 0 Å². The Kier molecular flexibility index (Phi) is 6.91. The minimum Gasteiger partial charge on any atom is -0.395 e. The highest BCUT2D eigenvalue weighted by atomic mass is 32.2. The van der Waals surface area contributed by atoms with Crippen molar-refractivity contribution in [2.45, 2.75) is 30.8 Å². The number of hydrogen-bond acceptors (Lipinski definition) is 5. The van der Waals surface area contributed by atoms with Crippen molar-refractivity contribution in [2.75, 3.05) is 46.6 Å². The van der Waals surface area contributed by atoms with E-state index < -0.39 is 10.0 Å². The fourth-order valence-corrected chi connectivity index (χ4v) is 6.06. The Balaban J connectivity index is 1.55. The third-order valence-corrected chi connectivity index (χ3v) is 8.24. The molecule has 0 radical (unpaired) electrons. The Hall–Kier alpha value is -2.26. The van der Waals surface area contributed by atoms with E-state index in [-0.39, 0.29) is 30.5 Å². The molecule has 2 aromatic rings. The summed E-state index contributed by atoms with van der Waals surface area (Å²) in [6.07, 6.45) is 3.05. The van der Waals surface area contributed by atoms with E-state index in [2.05, 4.69) is 29.2 Å². The summed E-state index contributed by atoms with van der Waals surface area (Å²) in [4.78, 5) is 16.0. The molecular formula is C25H33N3O4S. The first kappa shape index (κ1) is 23.9. The summed E-state index contributed by atoms with van der Waals surface area (Å²) in [7, 11) is 0.216. The quantitative estimate of drug-likeness (QED) is 0.723. The number of hydrogen-bond donors (Lipinski definition) is 1. The molecule has 33 heavy (non-hydrogen) atoms. The zero-order chi connectivity index (χ0) is 23.8. The Labute approximate surface area is 196 Å². The second kappa shape index (κ2) is 9.54. The largest absolute Gasteiger partial charge is 0.395 e. The number of rotatable bonds is 5. The van der Waals surface area contributed by atoms with Crippen molar-refractivity contribution in [3.8, 4) is 11.1 Å². The Morgan fingerprint density at radius 2 is 1.58 bits per heavy atom. The first-order valence-corrected chi connectivity index (χ1v) is 13.3. The maximum atomic E-state index is 12.3. The second-order valence-corrected chi connectivity index (χ2v) is 11.3. The van der Waals surface area contributed by atoms with Crippen molar-refractivity contribution in [2.24, 2.45) is 0 Å². The number of amides is 1. The van der Waals surface area contributed by atoms with Crippen LogP contribution in [0.1, 0.15) is 34.7 Å². The average Bonchev–Trinajstić information content (AvgIpc) is 2.77. The maximum absolute atomic E-state index is 12.3. The predicted molar refractivity (Wildman–Crippen MR) is 130 cm³/mol. The molecule has 2 heterocycles. The van der Waals surface area contributed by atoms with Gasteiger partial charge < -0.3 is 10.0 Å². The van der Waals surface area contributed by atoms with Crippen LogP contribution in [0.15, 0.2) is 48.5 Å². The van der Waals surface area contributed by atoms with Crippen LogP contribution in [0, 0.1) is 0 Å². The van der Waals surface area contributed by atoms with Crippen LogP contribution < -0.4 is 0 Å². The molecule has 2 aromatic carbocycles. The van der Waals surface area contributed by atoms with Gasteiger partial charge in [-0.1, -0.05) is 36.4 Å². The van der Waals surface area contributed by atoms with Gasteiger partial charge in [0.25, 0.3) is 5.91 Å². The van der Waals surface area contributed by atoms with Gasteiger partial charge in [-0.15, -0.1) is 0 Å². The molecule has 2 aliphatic heterocycles. The SMILES string of the molecule is CN(C)C(=O)c1ccc(-c2ccc([C@H]3[C@@H](CO)N4CCCCN(S(C)(=O)=O)C[C@@H]34)cc2)cc1. The van der Waals surface area contributed by atoms with Crippen molar-refractivity contribution in [3.05, 3.63) is 59.7 Å². The summed E-state index contributed by atoms with van der Waals surface area (Å²) >= 11 is 0. The van der Waals surface area contributed by atoms with Crippen LogP contribution in [0.5, 0.6) is 0 Å². The van der Waals surface area contributed by atoms with E-state index in [9.17, 15) is 18.3 Å². The molecule has 0 bridgehead atoms. The van der Waals surface area contributed by atoms with Gasteiger partial charge in [0, 0.05) is 50.7 Å². The van der Waals surface area contributed by atoms with Crippen LogP contribution in [-0.4, -0.2) is 92.2 Å². The number of aliphatic hydroxyl groups is 1. The predicted octanol–water partition coefficient (Wildman–Crippen LogP) is 2.24. The summed E-state index contributed by atoms with van der Waals surface area (Å²) in [6, 6.07) is 16.0. The molecule has 1 N–H and O–H groups in total. The lowest BCUT2D eigenvalue weighted by Crippen LogP contribution is -2.67. The Morgan fingerprint density at radius 3 is 2.12 bits per heavy atom. The van der Waals surface area contributed by atoms with E-state index in [4.69, 9.17) is 0 Å². The van der Waals surface area contributed by atoms with E-state index >= 15 is 0 Å². The zero-order valence-electron chi connectivity index (χ0n) is 19.5. The lowest BCUT2D eigenvalue weighted by atomic mass is 9.74. The average molecular weight is 472 g/mol. The number of fused-ring (bicyclic) bond motifs is 1. The molecule has 0 spiro atoms. The third kappa shape index (κ3) is 4.84. The Morgan fingerprint density at radius 1 is 1.00 bits per heavy atom. The standard InChI is InChI=1S/C25H33N3O4S/c1-26(2)25(30)21-12-8-19(9-13-21)18-6-10-20(11-7-18)24-22-16-27(33(3,31)32)14-4-5-15-28(22)23(24)17-29/h6-13,22-24,29H,4-5,14-17H2,1-3H3/t22-,23+,24+/m0/s1. The summed E-state index contributed by atoms with van der Waals surface area (Å²) in [5.41, 5.74) is 3.85. The van der Waals surface area contributed by atoms with E-state index in [0.29, 0.717) is 18.7 Å². The minimum atomic E-state index is -3.26. The van der Waals surface area contributed by atoms with Crippen molar-refractivity contribution in [3.63, 3.8) is 0 Å². The fraction of sp³-hybridized carbons (Fsp3) is 0.480.